The molecule has 0 aliphatic carbocycles. The summed E-state index contributed by atoms with van der Waals surface area (Å²) in [4.78, 5) is 12.5. The summed E-state index contributed by atoms with van der Waals surface area (Å²) >= 11 is 0. The summed E-state index contributed by atoms with van der Waals surface area (Å²) in [6, 6.07) is 30.6. The third kappa shape index (κ3) is 5.52. The van der Waals surface area contributed by atoms with Gasteiger partial charge in [0.15, 0.2) is 0 Å². The minimum atomic E-state index is 0.152. The monoisotopic (exact) mass is 561 g/mol. The number of fused-ring (bicyclic) bond motifs is 2. The Hall–Kier alpha value is -3.42. The summed E-state index contributed by atoms with van der Waals surface area (Å²) in [6.45, 7) is 5.48. The molecule has 2 aromatic carbocycles. The lowest BCUT2D eigenvalue weighted by atomic mass is 9.92. The molecule has 0 radical (unpaired) electrons. The molecule has 4 aromatic rings. The molecular formula is C36H41N4O2+. The van der Waals surface area contributed by atoms with E-state index in [0.29, 0.717) is 10.5 Å². The maximum atomic E-state index is 6.38. The number of hydrogen-bond donors (Lipinski definition) is 0. The number of hydrogen-bond acceptors (Lipinski definition) is 5. The van der Waals surface area contributed by atoms with Gasteiger partial charge in [-0.1, -0.05) is 60.7 Å². The molecule has 2 aromatic heterocycles. The number of rotatable bonds is 8. The van der Waals surface area contributed by atoms with Crippen LogP contribution in [0.3, 0.4) is 0 Å². The van der Waals surface area contributed by atoms with Gasteiger partial charge in [-0.05, 0) is 66.5 Å². The number of aromatic nitrogens is 2. The van der Waals surface area contributed by atoms with Gasteiger partial charge in [0, 0.05) is 37.6 Å². The Balaban J connectivity index is 1.16. The van der Waals surface area contributed by atoms with Crippen LogP contribution in [0.25, 0.3) is 0 Å². The fourth-order valence-corrected chi connectivity index (χ4v) is 7.42. The lowest BCUT2D eigenvalue weighted by Gasteiger charge is -2.47. The molecule has 0 bridgehead atoms. The molecule has 5 heterocycles. The summed E-state index contributed by atoms with van der Waals surface area (Å²) in [5.41, 5.74) is 5.62. The molecule has 6 heteroatoms. The molecule has 0 N–H and O–H groups in total. The fourth-order valence-electron chi connectivity index (χ4n) is 7.42. The van der Waals surface area contributed by atoms with Gasteiger partial charge in [-0.3, -0.25) is 4.90 Å². The Bertz CT molecular complexity index is 1420. The third-order valence-corrected chi connectivity index (χ3v) is 9.61. The molecule has 6 nitrogen and oxygen atoms in total. The average molecular weight is 562 g/mol. The second-order valence-electron chi connectivity index (χ2n) is 11.9. The Kier molecular flexibility index (Phi) is 8.12. The van der Waals surface area contributed by atoms with E-state index in [0.717, 1.165) is 83.1 Å². The summed E-state index contributed by atoms with van der Waals surface area (Å²) in [6.07, 6.45) is 9.24. The van der Waals surface area contributed by atoms with Gasteiger partial charge in [0.05, 0.1) is 31.5 Å². The Morgan fingerprint density at radius 2 is 1.24 bits per heavy atom. The first-order valence-electron chi connectivity index (χ1n) is 15.6. The SMILES string of the molecule is c1ccc([N+]2(c3ccccn3)CCN(CCC3OCCc4ccccc43)C(CCC3OCCc4ccccc43)C2)nc1. The number of quaternary nitrogens is 1. The van der Waals surface area contributed by atoms with Gasteiger partial charge in [-0.25, -0.2) is 14.5 Å². The highest BCUT2D eigenvalue weighted by Crippen LogP contribution is 2.38. The smallest absolute Gasteiger partial charge is 0.233 e. The average Bonchev–Trinajstić information content (AvgIpc) is 3.07. The number of nitrogens with zero attached hydrogens (tertiary/aromatic N) is 4. The van der Waals surface area contributed by atoms with Crippen molar-refractivity contribution in [3.8, 4) is 0 Å². The summed E-state index contributed by atoms with van der Waals surface area (Å²) in [7, 11) is 0. The molecule has 7 rings (SSSR count). The maximum absolute atomic E-state index is 6.38. The van der Waals surface area contributed by atoms with Crippen molar-refractivity contribution in [1.29, 1.82) is 0 Å². The zero-order chi connectivity index (χ0) is 28.2. The molecule has 1 saturated heterocycles. The van der Waals surface area contributed by atoms with Crippen molar-refractivity contribution in [2.24, 2.45) is 0 Å². The van der Waals surface area contributed by atoms with Crippen molar-refractivity contribution < 1.29 is 9.47 Å². The van der Waals surface area contributed by atoms with E-state index in [1.165, 1.54) is 22.3 Å². The van der Waals surface area contributed by atoms with Gasteiger partial charge in [0.25, 0.3) is 0 Å². The summed E-state index contributed by atoms with van der Waals surface area (Å²) < 4.78 is 13.4. The first-order chi connectivity index (χ1) is 20.8. The van der Waals surface area contributed by atoms with Gasteiger partial charge >= 0.3 is 0 Å². The predicted octanol–water partition coefficient (Wildman–Crippen LogP) is 6.60. The van der Waals surface area contributed by atoms with Crippen molar-refractivity contribution >= 4 is 11.6 Å². The first kappa shape index (κ1) is 27.4. The van der Waals surface area contributed by atoms with Crippen LogP contribution in [0.2, 0.25) is 0 Å². The molecule has 0 saturated carbocycles. The van der Waals surface area contributed by atoms with Gasteiger partial charge in [-0.2, -0.15) is 0 Å². The zero-order valence-corrected chi connectivity index (χ0v) is 24.4. The normalized spacial score (nSPS) is 23.6. The topological polar surface area (TPSA) is 47.5 Å². The molecule has 3 aliphatic heterocycles. The third-order valence-electron chi connectivity index (χ3n) is 9.61. The second kappa shape index (κ2) is 12.4. The summed E-state index contributed by atoms with van der Waals surface area (Å²) in [5.74, 6) is 2.15. The Morgan fingerprint density at radius 3 is 1.83 bits per heavy atom. The van der Waals surface area contributed by atoms with Gasteiger partial charge in [-0.15, -0.1) is 0 Å². The minimum Gasteiger partial charge on any atom is -0.373 e. The molecule has 3 aliphatic rings. The second-order valence-corrected chi connectivity index (χ2v) is 11.9. The lowest BCUT2D eigenvalue weighted by Crippen LogP contribution is -2.63. The maximum Gasteiger partial charge on any atom is 0.233 e. The van der Waals surface area contributed by atoms with E-state index in [4.69, 9.17) is 19.4 Å². The number of piperazine rings is 1. The van der Waals surface area contributed by atoms with Crippen molar-refractivity contribution in [2.45, 2.75) is 50.4 Å². The zero-order valence-electron chi connectivity index (χ0n) is 24.4. The van der Waals surface area contributed by atoms with Crippen molar-refractivity contribution in [3.05, 3.63) is 120 Å². The van der Waals surface area contributed by atoms with E-state index in [2.05, 4.69) is 77.7 Å². The predicted molar refractivity (Wildman–Crippen MR) is 167 cm³/mol. The van der Waals surface area contributed by atoms with Crippen LogP contribution in [0.4, 0.5) is 11.6 Å². The van der Waals surface area contributed by atoms with Crippen LogP contribution >= 0.6 is 0 Å². The fraction of sp³-hybridized carbons (Fsp3) is 0.389. The van der Waals surface area contributed by atoms with Crippen LogP contribution in [0.5, 0.6) is 0 Å². The van der Waals surface area contributed by atoms with E-state index < -0.39 is 0 Å². The highest BCUT2D eigenvalue weighted by molar-refractivity contribution is 5.51. The van der Waals surface area contributed by atoms with Crippen LogP contribution in [0.1, 0.15) is 53.7 Å². The van der Waals surface area contributed by atoms with E-state index in [-0.39, 0.29) is 12.2 Å². The van der Waals surface area contributed by atoms with Gasteiger partial charge in [0.1, 0.15) is 13.1 Å². The van der Waals surface area contributed by atoms with E-state index in [1.807, 2.05) is 24.5 Å². The molecule has 216 valence electrons. The van der Waals surface area contributed by atoms with Crippen LogP contribution in [-0.4, -0.2) is 60.3 Å². The van der Waals surface area contributed by atoms with Crippen LogP contribution in [-0.2, 0) is 22.3 Å². The molecule has 42 heavy (non-hydrogen) atoms. The first-order valence-corrected chi connectivity index (χ1v) is 15.6. The standard InChI is InChI=1S/C36H41N4O2/c1-3-11-31-28(9-1)18-25-41-33(31)16-15-30-27-40(35-13-5-7-20-37-35,36-14-6-8-21-38-36)24-23-39(30)22-17-34-32-12-4-2-10-29(32)19-26-42-34/h1-14,20-21,30,33-34H,15-19,22-27H2/q+1. The molecule has 0 spiro atoms. The van der Waals surface area contributed by atoms with Crippen molar-refractivity contribution in [3.63, 3.8) is 0 Å². The van der Waals surface area contributed by atoms with E-state index >= 15 is 0 Å². The summed E-state index contributed by atoms with van der Waals surface area (Å²) in [5, 5.41) is 0. The van der Waals surface area contributed by atoms with E-state index in [9.17, 15) is 0 Å². The van der Waals surface area contributed by atoms with Crippen molar-refractivity contribution in [1.82, 2.24) is 19.4 Å². The molecule has 3 unspecified atom stereocenters. The minimum absolute atomic E-state index is 0.152. The van der Waals surface area contributed by atoms with Crippen molar-refractivity contribution in [2.75, 3.05) is 39.4 Å². The van der Waals surface area contributed by atoms with Crippen LogP contribution in [0, 0.1) is 0 Å². The van der Waals surface area contributed by atoms with E-state index in [1.54, 1.807) is 0 Å². The number of benzene rings is 2. The number of ether oxygens (including phenoxy) is 2. The highest BCUT2D eigenvalue weighted by atomic mass is 16.5. The number of pyridine rings is 2. The Morgan fingerprint density at radius 1 is 0.667 bits per heavy atom. The quantitative estimate of drug-likeness (QED) is 0.227. The van der Waals surface area contributed by atoms with Crippen LogP contribution in [0.15, 0.2) is 97.3 Å². The van der Waals surface area contributed by atoms with Gasteiger partial charge in [0.2, 0.25) is 11.6 Å². The van der Waals surface area contributed by atoms with Crippen LogP contribution < -0.4 is 4.48 Å². The molecule has 0 amide bonds. The molecule has 1 fully saturated rings. The van der Waals surface area contributed by atoms with Gasteiger partial charge < -0.3 is 9.47 Å². The molecule has 3 atom stereocenters. The lowest BCUT2D eigenvalue weighted by molar-refractivity contribution is 0.00783. The Labute approximate surface area is 249 Å². The highest BCUT2D eigenvalue weighted by Gasteiger charge is 2.44. The largest absolute Gasteiger partial charge is 0.373 e. The molecular weight excluding hydrogens is 520 g/mol.